The third-order valence-corrected chi connectivity index (χ3v) is 3.69. The second-order valence-corrected chi connectivity index (χ2v) is 5.00. The minimum absolute atomic E-state index is 0.245. The maximum atomic E-state index is 11.3. The number of carbonyl (C=O) groups excluding carboxylic acids is 1. The van der Waals surface area contributed by atoms with Crippen LogP contribution in [0.4, 0.5) is 5.82 Å². The van der Waals surface area contributed by atoms with Crippen LogP contribution < -0.4 is 10.2 Å². The van der Waals surface area contributed by atoms with E-state index in [1.54, 1.807) is 6.07 Å². The SMILES string of the molecule is CCN(CC1CCNCC1)c1ccc(C(=O)OC)nn1. The molecule has 0 amide bonds. The zero-order valence-corrected chi connectivity index (χ0v) is 12.1. The van der Waals surface area contributed by atoms with E-state index in [4.69, 9.17) is 0 Å². The Morgan fingerprint density at radius 2 is 2.15 bits per heavy atom. The number of carbonyl (C=O) groups is 1. The van der Waals surface area contributed by atoms with Gasteiger partial charge in [-0.05, 0) is 50.9 Å². The molecule has 1 saturated heterocycles. The standard InChI is InChI=1S/C14H22N4O2/c1-3-18(10-11-6-8-15-9-7-11)13-5-4-12(16-17-13)14(19)20-2/h4-5,11,15H,3,6-10H2,1-2H3. The zero-order valence-electron chi connectivity index (χ0n) is 12.1. The van der Waals surface area contributed by atoms with Gasteiger partial charge in [0.05, 0.1) is 7.11 Å². The average molecular weight is 278 g/mol. The fourth-order valence-corrected chi connectivity index (χ4v) is 2.47. The van der Waals surface area contributed by atoms with Crippen molar-refractivity contribution in [1.29, 1.82) is 0 Å². The van der Waals surface area contributed by atoms with Crippen molar-refractivity contribution in [3.05, 3.63) is 17.8 Å². The molecule has 1 aliphatic heterocycles. The van der Waals surface area contributed by atoms with Gasteiger partial charge in [0, 0.05) is 13.1 Å². The van der Waals surface area contributed by atoms with E-state index in [1.165, 1.54) is 20.0 Å². The summed E-state index contributed by atoms with van der Waals surface area (Å²) in [6, 6.07) is 3.50. The largest absolute Gasteiger partial charge is 0.464 e. The molecule has 1 aromatic rings. The van der Waals surface area contributed by atoms with Gasteiger partial charge in [-0.3, -0.25) is 0 Å². The Kier molecular flexibility index (Phi) is 5.29. The first-order valence-electron chi connectivity index (χ1n) is 7.12. The van der Waals surface area contributed by atoms with Crippen LogP contribution in [0.15, 0.2) is 12.1 Å². The molecule has 6 heteroatoms. The van der Waals surface area contributed by atoms with E-state index in [0.717, 1.165) is 32.0 Å². The predicted octanol–water partition coefficient (Wildman–Crippen LogP) is 1.09. The van der Waals surface area contributed by atoms with E-state index in [1.807, 2.05) is 6.07 Å². The number of anilines is 1. The molecule has 110 valence electrons. The lowest BCUT2D eigenvalue weighted by atomic mass is 9.97. The summed E-state index contributed by atoms with van der Waals surface area (Å²) in [4.78, 5) is 13.5. The van der Waals surface area contributed by atoms with Crippen LogP contribution >= 0.6 is 0 Å². The minimum atomic E-state index is -0.453. The summed E-state index contributed by atoms with van der Waals surface area (Å²) in [5, 5.41) is 11.5. The topological polar surface area (TPSA) is 67.4 Å². The Morgan fingerprint density at radius 1 is 1.40 bits per heavy atom. The Balaban J connectivity index is 2.01. The molecule has 0 spiro atoms. The zero-order chi connectivity index (χ0) is 14.4. The normalized spacial score (nSPS) is 15.9. The molecule has 0 radical (unpaired) electrons. The highest BCUT2D eigenvalue weighted by atomic mass is 16.5. The first kappa shape index (κ1) is 14.7. The van der Waals surface area contributed by atoms with E-state index in [9.17, 15) is 4.79 Å². The molecule has 1 aromatic heterocycles. The molecule has 2 rings (SSSR count). The maximum absolute atomic E-state index is 11.3. The van der Waals surface area contributed by atoms with Crippen LogP contribution in [0.1, 0.15) is 30.3 Å². The van der Waals surface area contributed by atoms with Crippen LogP contribution in [0.2, 0.25) is 0 Å². The first-order chi connectivity index (χ1) is 9.74. The molecule has 0 aliphatic carbocycles. The van der Waals surface area contributed by atoms with Crippen LogP contribution in [0.25, 0.3) is 0 Å². The molecule has 0 aromatic carbocycles. The van der Waals surface area contributed by atoms with Crippen molar-refractivity contribution >= 4 is 11.8 Å². The number of piperidine rings is 1. The van der Waals surface area contributed by atoms with Gasteiger partial charge in [-0.2, -0.15) is 0 Å². The van der Waals surface area contributed by atoms with Crippen molar-refractivity contribution < 1.29 is 9.53 Å². The van der Waals surface area contributed by atoms with Crippen LogP contribution in [0.3, 0.4) is 0 Å². The van der Waals surface area contributed by atoms with E-state index in [2.05, 4.69) is 32.1 Å². The Labute approximate surface area is 119 Å². The van der Waals surface area contributed by atoms with E-state index >= 15 is 0 Å². The summed E-state index contributed by atoms with van der Waals surface area (Å²) in [5.41, 5.74) is 0.245. The summed E-state index contributed by atoms with van der Waals surface area (Å²) in [7, 11) is 1.34. The molecule has 0 saturated carbocycles. The lowest BCUT2D eigenvalue weighted by Crippen LogP contribution is -2.36. The second kappa shape index (κ2) is 7.19. The first-order valence-corrected chi connectivity index (χ1v) is 7.12. The number of methoxy groups -OCH3 is 1. The van der Waals surface area contributed by atoms with Crippen LogP contribution in [-0.2, 0) is 4.74 Å². The number of hydrogen-bond acceptors (Lipinski definition) is 6. The fraction of sp³-hybridized carbons (Fsp3) is 0.643. The lowest BCUT2D eigenvalue weighted by Gasteiger charge is -2.29. The molecular weight excluding hydrogens is 256 g/mol. The molecule has 0 atom stereocenters. The second-order valence-electron chi connectivity index (χ2n) is 5.00. The molecule has 1 aliphatic rings. The maximum Gasteiger partial charge on any atom is 0.358 e. The number of hydrogen-bond donors (Lipinski definition) is 1. The third-order valence-electron chi connectivity index (χ3n) is 3.69. The highest BCUT2D eigenvalue weighted by Crippen LogP contribution is 2.17. The van der Waals surface area contributed by atoms with Gasteiger partial charge in [0.1, 0.15) is 0 Å². The van der Waals surface area contributed by atoms with Gasteiger partial charge in [-0.25, -0.2) is 4.79 Å². The van der Waals surface area contributed by atoms with Gasteiger partial charge in [0.25, 0.3) is 0 Å². The van der Waals surface area contributed by atoms with Crippen molar-refractivity contribution in [3.8, 4) is 0 Å². The van der Waals surface area contributed by atoms with E-state index in [0.29, 0.717) is 5.92 Å². The van der Waals surface area contributed by atoms with Crippen LogP contribution in [0.5, 0.6) is 0 Å². The number of nitrogens with zero attached hydrogens (tertiary/aromatic N) is 3. The monoisotopic (exact) mass is 278 g/mol. The van der Waals surface area contributed by atoms with Crippen molar-refractivity contribution in [2.75, 3.05) is 38.2 Å². The van der Waals surface area contributed by atoms with Gasteiger partial charge in [0.15, 0.2) is 11.5 Å². The minimum Gasteiger partial charge on any atom is -0.464 e. The van der Waals surface area contributed by atoms with Gasteiger partial charge >= 0.3 is 5.97 Å². The molecule has 1 N–H and O–H groups in total. The molecular formula is C14H22N4O2. The molecule has 20 heavy (non-hydrogen) atoms. The number of rotatable bonds is 5. The molecule has 1 fully saturated rings. The smallest absolute Gasteiger partial charge is 0.358 e. The highest BCUT2D eigenvalue weighted by Gasteiger charge is 2.18. The highest BCUT2D eigenvalue weighted by molar-refractivity contribution is 5.86. The van der Waals surface area contributed by atoms with Crippen molar-refractivity contribution in [1.82, 2.24) is 15.5 Å². The summed E-state index contributed by atoms with van der Waals surface area (Å²) in [6.45, 7) is 6.17. The van der Waals surface area contributed by atoms with Crippen LogP contribution in [0, 0.1) is 5.92 Å². The molecule has 6 nitrogen and oxygen atoms in total. The van der Waals surface area contributed by atoms with Gasteiger partial charge in [-0.15, -0.1) is 10.2 Å². The van der Waals surface area contributed by atoms with Crippen molar-refractivity contribution in [3.63, 3.8) is 0 Å². The summed E-state index contributed by atoms with van der Waals surface area (Å²) < 4.78 is 4.62. The number of ether oxygens (including phenoxy) is 1. The van der Waals surface area contributed by atoms with Gasteiger partial charge in [0.2, 0.25) is 0 Å². The third kappa shape index (κ3) is 3.66. The van der Waals surface area contributed by atoms with E-state index in [-0.39, 0.29) is 5.69 Å². The van der Waals surface area contributed by atoms with Crippen molar-refractivity contribution in [2.24, 2.45) is 5.92 Å². The Hall–Kier alpha value is -1.69. The number of nitrogens with one attached hydrogen (secondary N) is 1. The average Bonchev–Trinajstić information content (AvgIpc) is 2.53. The van der Waals surface area contributed by atoms with Crippen LogP contribution in [-0.4, -0.2) is 49.5 Å². The van der Waals surface area contributed by atoms with Crippen molar-refractivity contribution in [2.45, 2.75) is 19.8 Å². The molecule has 0 bridgehead atoms. The van der Waals surface area contributed by atoms with Gasteiger partial charge < -0.3 is 15.0 Å². The molecule has 0 unspecified atom stereocenters. The Morgan fingerprint density at radius 3 is 2.70 bits per heavy atom. The lowest BCUT2D eigenvalue weighted by molar-refractivity contribution is 0.0592. The summed E-state index contributed by atoms with van der Waals surface area (Å²) >= 11 is 0. The Bertz CT molecular complexity index is 429. The number of aromatic nitrogens is 2. The quantitative estimate of drug-likeness (QED) is 0.813. The predicted molar refractivity (Wildman–Crippen MR) is 76.9 cm³/mol. The van der Waals surface area contributed by atoms with Gasteiger partial charge in [-0.1, -0.05) is 0 Å². The van der Waals surface area contributed by atoms with E-state index < -0.39 is 5.97 Å². The number of esters is 1. The fourth-order valence-electron chi connectivity index (χ4n) is 2.47. The summed E-state index contributed by atoms with van der Waals surface area (Å²) in [6.07, 6.45) is 2.40. The summed E-state index contributed by atoms with van der Waals surface area (Å²) in [5.74, 6) is 1.06. The molecule has 2 heterocycles.